The van der Waals surface area contributed by atoms with Gasteiger partial charge >= 0.3 is 12.3 Å². The molecule has 0 aliphatic heterocycles. The van der Waals surface area contributed by atoms with Crippen molar-refractivity contribution in [2.45, 2.75) is 12.6 Å². The zero-order chi connectivity index (χ0) is 13.4. The van der Waals surface area contributed by atoms with Gasteiger partial charge in [-0.25, -0.2) is 13.6 Å². The largest absolute Gasteiger partial charge is 0.511 e. The van der Waals surface area contributed by atoms with E-state index in [-0.39, 0.29) is 4.68 Å². The van der Waals surface area contributed by atoms with E-state index >= 15 is 0 Å². The summed E-state index contributed by atoms with van der Waals surface area (Å²) in [6.07, 6.45) is -10.6. The van der Waals surface area contributed by atoms with E-state index in [9.17, 15) is 26.7 Å². The molecule has 0 radical (unpaired) electrons. The SMILES string of the molecule is Cn1nc(C(F)F)c(OC(=O)O)c1C(F)(F)F. The third-order valence-corrected chi connectivity index (χ3v) is 1.69. The zero-order valence-corrected chi connectivity index (χ0v) is 8.13. The van der Waals surface area contributed by atoms with Crippen LogP contribution in [0.5, 0.6) is 5.75 Å². The van der Waals surface area contributed by atoms with Gasteiger partial charge in [0, 0.05) is 7.05 Å². The second kappa shape index (κ2) is 4.18. The number of aryl methyl sites for hydroxylation is 1. The van der Waals surface area contributed by atoms with Crippen molar-refractivity contribution in [1.82, 2.24) is 9.78 Å². The van der Waals surface area contributed by atoms with E-state index < -0.39 is 35.9 Å². The van der Waals surface area contributed by atoms with Crippen molar-refractivity contribution in [2.24, 2.45) is 7.05 Å². The van der Waals surface area contributed by atoms with Crippen LogP contribution in [-0.2, 0) is 13.2 Å². The van der Waals surface area contributed by atoms with Crippen molar-refractivity contribution >= 4 is 6.16 Å². The van der Waals surface area contributed by atoms with Gasteiger partial charge in [-0.15, -0.1) is 0 Å². The lowest BCUT2D eigenvalue weighted by Gasteiger charge is -2.08. The topological polar surface area (TPSA) is 64.4 Å². The number of aromatic nitrogens is 2. The first kappa shape index (κ1) is 13.2. The van der Waals surface area contributed by atoms with Crippen LogP contribution in [0.15, 0.2) is 0 Å². The Balaban J connectivity index is 3.42. The molecule has 0 aliphatic carbocycles. The Kier molecular flexibility index (Phi) is 3.25. The molecule has 0 saturated heterocycles. The minimum Gasteiger partial charge on any atom is -0.449 e. The molecule has 5 nitrogen and oxygen atoms in total. The highest BCUT2D eigenvalue weighted by molar-refractivity contribution is 5.62. The van der Waals surface area contributed by atoms with Crippen LogP contribution in [0.3, 0.4) is 0 Å². The molecule has 1 aromatic rings. The van der Waals surface area contributed by atoms with E-state index in [0.717, 1.165) is 7.05 Å². The molecule has 1 rings (SSSR count). The van der Waals surface area contributed by atoms with Crippen molar-refractivity contribution in [2.75, 3.05) is 0 Å². The number of halogens is 5. The molecule has 0 saturated carbocycles. The molecule has 1 N–H and O–H groups in total. The molecule has 0 amide bonds. The summed E-state index contributed by atoms with van der Waals surface area (Å²) in [6.45, 7) is 0. The lowest BCUT2D eigenvalue weighted by Crippen LogP contribution is -2.15. The first-order valence-electron chi connectivity index (χ1n) is 3.97. The summed E-state index contributed by atoms with van der Waals surface area (Å²) in [4.78, 5) is 10.2. The number of rotatable bonds is 2. The highest BCUT2D eigenvalue weighted by atomic mass is 19.4. The minimum absolute atomic E-state index is 0.0970. The van der Waals surface area contributed by atoms with Crippen LogP contribution in [-0.4, -0.2) is 21.0 Å². The van der Waals surface area contributed by atoms with Gasteiger partial charge in [-0.1, -0.05) is 0 Å². The number of carbonyl (C=O) groups is 1. The maximum Gasteiger partial charge on any atom is 0.511 e. The summed E-state index contributed by atoms with van der Waals surface area (Å²) in [6, 6.07) is 0. The van der Waals surface area contributed by atoms with Crippen molar-refractivity contribution in [3.63, 3.8) is 0 Å². The fraction of sp³-hybridized carbons (Fsp3) is 0.429. The number of ether oxygens (including phenoxy) is 1. The molecule has 0 aliphatic rings. The molecular weight excluding hydrogens is 255 g/mol. The summed E-state index contributed by atoms with van der Waals surface area (Å²) in [5.41, 5.74) is -3.06. The average molecular weight is 260 g/mol. The molecule has 0 spiro atoms. The Labute approximate surface area is 90.4 Å². The van der Waals surface area contributed by atoms with Crippen LogP contribution >= 0.6 is 0 Å². The normalized spacial score (nSPS) is 11.9. The van der Waals surface area contributed by atoms with Gasteiger partial charge < -0.3 is 9.84 Å². The Hall–Kier alpha value is -1.87. The van der Waals surface area contributed by atoms with Crippen molar-refractivity contribution in [3.05, 3.63) is 11.4 Å². The van der Waals surface area contributed by atoms with Crippen molar-refractivity contribution < 1.29 is 36.6 Å². The molecule has 96 valence electrons. The van der Waals surface area contributed by atoms with Gasteiger partial charge in [0.15, 0.2) is 17.1 Å². The second-order valence-electron chi connectivity index (χ2n) is 2.85. The first-order chi connectivity index (χ1) is 7.64. The van der Waals surface area contributed by atoms with E-state index in [1.165, 1.54) is 0 Å². The number of nitrogens with zero attached hydrogens (tertiary/aromatic N) is 2. The fourth-order valence-electron chi connectivity index (χ4n) is 1.17. The molecule has 0 unspecified atom stereocenters. The van der Waals surface area contributed by atoms with Gasteiger partial charge in [-0.05, 0) is 0 Å². The molecule has 17 heavy (non-hydrogen) atoms. The van der Waals surface area contributed by atoms with Gasteiger partial charge in [-0.2, -0.15) is 18.3 Å². The Morgan fingerprint density at radius 2 is 2.00 bits per heavy atom. The predicted octanol–water partition coefficient (Wildman–Crippen LogP) is 2.43. The van der Waals surface area contributed by atoms with Crippen LogP contribution in [0.25, 0.3) is 0 Å². The second-order valence-corrected chi connectivity index (χ2v) is 2.85. The molecule has 10 heteroatoms. The number of hydrogen-bond acceptors (Lipinski definition) is 3. The number of hydrogen-bond donors (Lipinski definition) is 1. The fourth-order valence-corrected chi connectivity index (χ4v) is 1.17. The summed E-state index contributed by atoms with van der Waals surface area (Å²) in [5, 5.41) is 11.1. The van der Waals surface area contributed by atoms with Crippen molar-refractivity contribution in [1.29, 1.82) is 0 Å². The van der Waals surface area contributed by atoms with E-state index in [2.05, 4.69) is 9.84 Å². The molecular formula is C7H5F5N2O3. The van der Waals surface area contributed by atoms with Gasteiger partial charge in [0.2, 0.25) is 0 Å². The van der Waals surface area contributed by atoms with Gasteiger partial charge in [0.05, 0.1) is 0 Å². The lowest BCUT2D eigenvalue weighted by atomic mass is 10.3. The van der Waals surface area contributed by atoms with Gasteiger partial charge in [0.25, 0.3) is 6.43 Å². The highest BCUT2D eigenvalue weighted by Crippen LogP contribution is 2.40. The van der Waals surface area contributed by atoms with Gasteiger partial charge in [-0.3, -0.25) is 4.68 Å². The summed E-state index contributed by atoms with van der Waals surface area (Å²) in [7, 11) is 0.753. The molecule has 0 aromatic carbocycles. The molecule has 0 atom stereocenters. The van der Waals surface area contributed by atoms with Crippen LogP contribution in [0.4, 0.5) is 26.7 Å². The van der Waals surface area contributed by atoms with Gasteiger partial charge in [0.1, 0.15) is 0 Å². The average Bonchev–Trinajstić information content (AvgIpc) is 2.40. The minimum atomic E-state index is -5.06. The van der Waals surface area contributed by atoms with Crippen LogP contribution < -0.4 is 4.74 Å². The first-order valence-corrected chi connectivity index (χ1v) is 3.97. The predicted molar refractivity (Wildman–Crippen MR) is 41.8 cm³/mol. The van der Waals surface area contributed by atoms with Crippen LogP contribution in [0.1, 0.15) is 17.8 Å². The lowest BCUT2D eigenvalue weighted by molar-refractivity contribution is -0.144. The molecule has 1 aromatic heterocycles. The Morgan fingerprint density at radius 3 is 2.35 bits per heavy atom. The van der Waals surface area contributed by atoms with E-state index in [0.29, 0.717) is 0 Å². The molecule has 1 heterocycles. The summed E-state index contributed by atoms with van der Waals surface area (Å²) < 4.78 is 65.9. The quantitative estimate of drug-likeness (QED) is 0.655. The Bertz CT molecular complexity index is 439. The highest BCUT2D eigenvalue weighted by Gasteiger charge is 2.42. The van der Waals surface area contributed by atoms with E-state index in [4.69, 9.17) is 5.11 Å². The number of alkyl halides is 5. The zero-order valence-electron chi connectivity index (χ0n) is 8.13. The van der Waals surface area contributed by atoms with E-state index in [1.54, 1.807) is 0 Å². The molecule has 0 fully saturated rings. The van der Waals surface area contributed by atoms with Crippen LogP contribution in [0.2, 0.25) is 0 Å². The van der Waals surface area contributed by atoms with E-state index in [1.807, 2.05) is 0 Å². The third kappa shape index (κ3) is 2.63. The summed E-state index contributed by atoms with van der Waals surface area (Å²) >= 11 is 0. The summed E-state index contributed by atoms with van der Waals surface area (Å²) in [5.74, 6) is -1.50. The Morgan fingerprint density at radius 1 is 1.47 bits per heavy atom. The van der Waals surface area contributed by atoms with Crippen LogP contribution in [0, 0.1) is 0 Å². The standard InChI is InChI=1S/C7H5F5N2O3/c1-14-4(7(10,11)12)3(17-6(15)16)2(13-14)5(8)9/h5H,1H3,(H,15,16). The number of carboxylic acid groups (broad SMARTS) is 1. The monoisotopic (exact) mass is 260 g/mol. The maximum absolute atomic E-state index is 12.5. The maximum atomic E-state index is 12.5. The molecule has 0 bridgehead atoms. The smallest absolute Gasteiger partial charge is 0.449 e. The third-order valence-electron chi connectivity index (χ3n) is 1.69. The van der Waals surface area contributed by atoms with Crippen molar-refractivity contribution in [3.8, 4) is 5.75 Å².